The maximum absolute atomic E-state index is 12.3. The molecule has 0 unspecified atom stereocenters. The van der Waals surface area contributed by atoms with Crippen molar-refractivity contribution in [1.82, 2.24) is 20.0 Å². The molecule has 25 heavy (non-hydrogen) atoms. The number of nitrogens with zero attached hydrogens (tertiary/aromatic N) is 3. The van der Waals surface area contributed by atoms with Gasteiger partial charge < -0.3 is 19.5 Å². The van der Waals surface area contributed by atoms with Crippen molar-refractivity contribution in [2.24, 2.45) is 0 Å². The zero-order chi connectivity index (χ0) is 17.6. The second-order valence-corrected chi connectivity index (χ2v) is 6.86. The summed E-state index contributed by atoms with van der Waals surface area (Å²) in [7, 11) is 0. The van der Waals surface area contributed by atoms with Crippen LogP contribution in [0.25, 0.3) is 0 Å². The lowest BCUT2D eigenvalue weighted by Crippen LogP contribution is -2.52. The number of piperazine rings is 1. The first kappa shape index (κ1) is 17.9. The molecule has 0 spiro atoms. The fourth-order valence-electron chi connectivity index (χ4n) is 3.55. The van der Waals surface area contributed by atoms with E-state index in [9.17, 15) is 9.59 Å². The van der Waals surface area contributed by atoms with Crippen molar-refractivity contribution < 1.29 is 14.0 Å². The summed E-state index contributed by atoms with van der Waals surface area (Å²) < 4.78 is 4.97. The summed E-state index contributed by atoms with van der Waals surface area (Å²) in [4.78, 5) is 30.9. The number of furan rings is 1. The van der Waals surface area contributed by atoms with Gasteiger partial charge in [-0.15, -0.1) is 0 Å². The van der Waals surface area contributed by atoms with Crippen LogP contribution in [0, 0.1) is 0 Å². The van der Waals surface area contributed by atoms with E-state index in [1.807, 2.05) is 4.90 Å². The highest BCUT2D eigenvalue weighted by atomic mass is 16.3. The number of amides is 2. The molecule has 1 N–H and O–H groups in total. The summed E-state index contributed by atoms with van der Waals surface area (Å²) in [5.41, 5.74) is 0.588. The van der Waals surface area contributed by atoms with Gasteiger partial charge in [0, 0.05) is 45.3 Å². The summed E-state index contributed by atoms with van der Waals surface area (Å²) in [6.07, 6.45) is 5.06. The van der Waals surface area contributed by atoms with Crippen LogP contribution in [-0.4, -0.2) is 84.9 Å². The molecule has 0 aliphatic carbocycles. The largest absolute Gasteiger partial charge is 0.472 e. The summed E-state index contributed by atoms with van der Waals surface area (Å²) >= 11 is 0. The molecule has 3 heterocycles. The van der Waals surface area contributed by atoms with Crippen molar-refractivity contribution in [2.75, 3.05) is 52.4 Å². The molecule has 7 heteroatoms. The Hall–Kier alpha value is -1.86. The van der Waals surface area contributed by atoms with Gasteiger partial charge in [-0.2, -0.15) is 0 Å². The van der Waals surface area contributed by atoms with Gasteiger partial charge in [-0.25, -0.2) is 0 Å². The maximum atomic E-state index is 12.3. The average molecular weight is 348 g/mol. The first-order valence-corrected chi connectivity index (χ1v) is 9.21. The minimum absolute atomic E-state index is 0.000496. The molecule has 2 amide bonds. The first-order valence-electron chi connectivity index (χ1n) is 9.21. The van der Waals surface area contributed by atoms with Gasteiger partial charge >= 0.3 is 0 Å². The summed E-state index contributed by atoms with van der Waals surface area (Å²) in [6.45, 7) is 8.56. The molecule has 0 atom stereocenters. The van der Waals surface area contributed by atoms with E-state index in [1.54, 1.807) is 6.07 Å². The van der Waals surface area contributed by atoms with Crippen molar-refractivity contribution in [1.29, 1.82) is 0 Å². The van der Waals surface area contributed by atoms with E-state index in [4.69, 9.17) is 4.42 Å². The monoisotopic (exact) mass is 348 g/mol. The lowest BCUT2D eigenvalue weighted by Gasteiger charge is -2.35. The number of hydrogen-bond donors (Lipinski definition) is 1. The molecule has 0 radical (unpaired) electrons. The second-order valence-electron chi connectivity index (χ2n) is 6.86. The highest BCUT2D eigenvalue weighted by Gasteiger charge is 2.25. The van der Waals surface area contributed by atoms with E-state index >= 15 is 0 Å². The zero-order valence-corrected chi connectivity index (χ0v) is 14.9. The van der Waals surface area contributed by atoms with E-state index in [-0.39, 0.29) is 11.8 Å². The zero-order valence-electron chi connectivity index (χ0n) is 14.9. The van der Waals surface area contributed by atoms with Gasteiger partial charge in [0.1, 0.15) is 6.26 Å². The van der Waals surface area contributed by atoms with Gasteiger partial charge in [0.25, 0.3) is 5.91 Å². The van der Waals surface area contributed by atoms with E-state index in [0.717, 1.165) is 45.6 Å². The molecule has 2 fully saturated rings. The lowest BCUT2D eigenvalue weighted by atomic mass is 10.1. The lowest BCUT2D eigenvalue weighted by molar-refractivity contribution is -0.123. The third kappa shape index (κ3) is 4.83. The number of piperidine rings is 1. The van der Waals surface area contributed by atoms with Gasteiger partial charge in [0.2, 0.25) is 5.91 Å². The van der Waals surface area contributed by atoms with Gasteiger partial charge in [-0.05, 0) is 25.5 Å². The standard InChI is InChI=1S/C18H28N4O3/c1-2-20-6-3-16(4-7-20)19-17(23)13-21-8-10-22(11-9-21)18(24)15-5-12-25-14-15/h5,12,14,16H,2-4,6-11,13H2,1H3,(H,19,23). The van der Waals surface area contributed by atoms with Crippen LogP contribution < -0.4 is 5.32 Å². The first-order chi connectivity index (χ1) is 12.2. The fraction of sp³-hybridized carbons (Fsp3) is 0.667. The van der Waals surface area contributed by atoms with Crippen molar-refractivity contribution >= 4 is 11.8 Å². The average Bonchev–Trinajstić information content (AvgIpc) is 3.17. The predicted molar refractivity (Wildman–Crippen MR) is 94.3 cm³/mol. The van der Waals surface area contributed by atoms with E-state index in [1.165, 1.54) is 12.5 Å². The molecule has 0 bridgehead atoms. The number of hydrogen-bond acceptors (Lipinski definition) is 5. The fourth-order valence-corrected chi connectivity index (χ4v) is 3.55. The smallest absolute Gasteiger partial charge is 0.257 e. The van der Waals surface area contributed by atoms with Crippen LogP contribution in [0.15, 0.2) is 23.0 Å². The van der Waals surface area contributed by atoms with Crippen molar-refractivity contribution in [3.05, 3.63) is 24.2 Å². The van der Waals surface area contributed by atoms with Gasteiger partial charge in [-0.3, -0.25) is 14.5 Å². The Bertz CT molecular complexity index is 559. The Labute approximate surface area is 148 Å². The van der Waals surface area contributed by atoms with Crippen LogP contribution in [0.1, 0.15) is 30.1 Å². The predicted octanol–water partition coefficient (Wildman–Crippen LogP) is 0.638. The number of likely N-dealkylation sites (tertiary alicyclic amines) is 1. The molecule has 2 aliphatic rings. The third-order valence-electron chi connectivity index (χ3n) is 5.19. The molecule has 1 aromatic rings. The Morgan fingerprint density at radius 2 is 1.84 bits per heavy atom. The number of carbonyl (C=O) groups is 2. The molecule has 0 aromatic carbocycles. The minimum atomic E-state index is 0.000496. The SMILES string of the molecule is CCN1CCC(NC(=O)CN2CCN(C(=O)c3ccoc3)CC2)CC1. The van der Waals surface area contributed by atoms with Crippen LogP contribution >= 0.6 is 0 Å². The van der Waals surface area contributed by atoms with Crippen LogP contribution in [-0.2, 0) is 4.79 Å². The maximum Gasteiger partial charge on any atom is 0.257 e. The number of nitrogens with one attached hydrogen (secondary N) is 1. The summed E-state index contributed by atoms with van der Waals surface area (Å²) in [5.74, 6) is 0.102. The topological polar surface area (TPSA) is 69.0 Å². The normalized spacial score (nSPS) is 20.6. The van der Waals surface area contributed by atoms with Crippen LogP contribution in [0.2, 0.25) is 0 Å². The van der Waals surface area contributed by atoms with Crippen LogP contribution in [0.5, 0.6) is 0 Å². The minimum Gasteiger partial charge on any atom is -0.472 e. The molecule has 1 aromatic heterocycles. The van der Waals surface area contributed by atoms with Crippen LogP contribution in [0.4, 0.5) is 0 Å². The molecule has 2 saturated heterocycles. The van der Waals surface area contributed by atoms with Crippen molar-refractivity contribution in [3.8, 4) is 0 Å². The van der Waals surface area contributed by atoms with E-state index in [0.29, 0.717) is 31.2 Å². The molecule has 2 aliphatic heterocycles. The van der Waals surface area contributed by atoms with E-state index in [2.05, 4.69) is 22.0 Å². The highest BCUT2D eigenvalue weighted by Crippen LogP contribution is 2.11. The van der Waals surface area contributed by atoms with E-state index < -0.39 is 0 Å². The second kappa shape index (κ2) is 8.49. The Morgan fingerprint density at radius 1 is 1.12 bits per heavy atom. The Morgan fingerprint density at radius 3 is 2.44 bits per heavy atom. The quantitative estimate of drug-likeness (QED) is 0.846. The van der Waals surface area contributed by atoms with Gasteiger partial charge in [0.05, 0.1) is 18.4 Å². The summed E-state index contributed by atoms with van der Waals surface area (Å²) in [6, 6.07) is 1.99. The van der Waals surface area contributed by atoms with Crippen molar-refractivity contribution in [3.63, 3.8) is 0 Å². The molecule has 0 saturated carbocycles. The van der Waals surface area contributed by atoms with Gasteiger partial charge in [0.15, 0.2) is 0 Å². The third-order valence-corrected chi connectivity index (χ3v) is 5.19. The van der Waals surface area contributed by atoms with Gasteiger partial charge in [-0.1, -0.05) is 6.92 Å². The molecular weight excluding hydrogens is 320 g/mol. The molecular formula is C18H28N4O3. The van der Waals surface area contributed by atoms with Crippen LogP contribution in [0.3, 0.4) is 0 Å². The summed E-state index contributed by atoms with van der Waals surface area (Å²) in [5, 5.41) is 3.17. The Kier molecular flexibility index (Phi) is 6.09. The molecule has 7 nitrogen and oxygen atoms in total. The highest BCUT2D eigenvalue weighted by molar-refractivity contribution is 5.93. The molecule has 3 rings (SSSR count). The Balaban J connectivity index is 1.37. The molecule has 138 valence electrons. The number of rotatable bonds is 5. The number of carbonyl (C=O) groups excluding carboxylic acids is 2. The van der Waals surface area contributed by atoms with Crippen molar-refractivity contribution in [2.45, 2.75) is 25.8 Å².